The number of aromatic nitrogens is 1. The zero-order valence-corrected chi connectivity index (χ0v) is 11.3. The van der Waals surface area contributed by atoms with Gasteiger partial charge in [-0.3, -0.25) is 4.98 Å². The van der Waals surface area contributed by atoms with Gasteiger partial charge in [0, 0.05) is 18.0 Å². The Morgan fingerprint density at radius 1 is 1.24 bits per heavy atom. The number of ether oxygens (including phenoxy) is 1. The minimum Gasteiger partial charge on any atom is -0.488 e. The highest BCUT2D eigenvalue weighted by molar-refractivity contribution is 14.1. The molecule has 3 nitrogen and oxygen atoms in total. The quantitative estimate of drug-likeness (QED) is 0.870. The van der Waals surface area contributed by atoms with E-state index in [0.29, 0.717) is 6.61 Å². The van der Waals surface area contributed by atoms with Crippen molar-refractivity contribution in [3.05, 3.63) is 57.4 Å². The third-order valence-corrected chi connectivity index (χ3v) is 3.14. The minimum absolute atomic E-state index is 0.0545. The summed E-state index contributed by atoms with van der Waals surface area (Å²) >= 11 is 2.20. The highest BCUT2D eigenvalue weighted by Crippen LogP contribution is 2.23. The molecule has 1 heterocycles. The number of nitrogens with zero attached hydrogens (tertiary/aromatic N) is 1. The van der Waals surface area contributed by atoms with Gasteiger partial charge < -0.3 is 9.84 Å². The predicted octanol–water partition coefficient (Wildman–Crippen LogP) is 2.76. The second kappa shape index (κ2) is 5.97. The summed E-state index contributed by atoms with van der Waals surface area (Å²) in [4.78, 5) is 4.03. The van der Waals surface area contributed by atoms with Gasteiger partial charge in [0.1, 0.15) is 12.4 Å². The largest absolute Gasteiger partial charge is 0.488 e. The van der Waals surface area contributed by atoms with E-state index in [1.807, 2.05) is 30.3 Å². The molecule has 0 unspecified atom stereocenters. The predicted molar refractivity (Wildman–Crippen MR) is 73.7 cm³/mol. The molecule has 2 rings (SSSR count). The van der Waals surface area contributed by atoms with Gasteiger partial charge >= 0.3 is 0 Å². The van der Waals surface area contributed by atoms with Crippen LogP contribution in [0.1, 0.15) is 11.1 Å². The average Bonchev–Trinajstić information content (AvgIpc) is 2.38. The Kier molecular flexibility index (Phi) is 4.33. The molecule has 0 saturated heterocycles. The first-order chi connectivity index (χ1) is 8.29. The second-order valence-corrected chi connectivity index (χ2v) is 4.74. The molecule has 17 heavy (non-hydrogen) atoms. The highest BCUT2D eigenvalue weighted by atomic mass is 127. The van der Waals surface area contributed by atoms with E-state index in [-0.39, 0.29) is 6.61 Å². The molecule has 0 aliphatic rings. The van der Waals surface area contributed by atoms with Crippen molar-refractivity contribution in [3.8, 4) is 5.75 Å². The van der Waals surface area contributed by atoms with Crippen molar-refractivity contribution in [3.63, 3.8) is 0 Å². The third kappa shape index (κ3) is 3.41. The number of halogens is 1. The Morgan fingerprint density at radius 2 is 2.12 bits per heavy atom. The Balaban J connectivity index is 2.04. The fraction of sp³-hybridized carbons (Fsp3) is 0.154. The van der Waals surface area contributed by atoms with Crippen LogP contribution in [0.25, 0.3) is 0 Å². The average molecular weight is 341 g/mol. The van der Waals surface area contributed by atoms with E-state index in [4.69, 9.17) is 9.84 Å². The van der Waals surface area contributed by atoms with Crippen LogP contribution in [0.15, 0.2) is 42.7 Å². The third-order valence-electron chi connectivity index (χ3n) is 2.30. The van der Waals surface area contributed by atoms with Gasteiger partial charge in [0.15, 0.2) is 0 Å². The molecule has 2 aromatic rings. The fourth-order valence-corrected chi connectivity index (χ4v) is 2.14. The first-order valence-electron chi connectivity index (χ1n) is 5.20. The normalized spacial score (nSPS) is 10.2. The van der Waals surface area contributed by atoms with Gasteiger partial charge in [0.25, 0.3) is 0 Å². The summed E-state index contributed by atoms with van der Waals surface area (Å²) in [5.74, 6) is 0.826. The summed E-state index contributed by atoms with van der Waals surface area (Å²) in [6.07, 6.45) is 3.53. The van der Waals surface area contributed by atoms with Crippen LogP contribution in [-0.2, 0) is 13.2 Å². The molecule has 0 fully saturated rings. The SMILES string of the molecule is OCc1ccc(OCc2cccnc2)c(I)c1. The minimum atomic E-state index is 0.0545. The van der Waals surface area contributed by atoms with Gasteiger partial charge in [-0.15, -0.1) is 0 Å². The lowest BCUT2D eigenvalue weighted by Crippen LogP contribution is -1.98. The summed E-state index contributed by atoms with van der Waals surface area (Å²) in [6.45, 7) is 0.557. The Morgan fingerprint density at radius 3 is 2.76 bits per heavy atom. The molecule has 1 aromatic heterocycles. The zero-order valence-electron chi connectivity index (χ0n) is 9.14. The Hall–Kier alpha value is -1.14. The lowest BCUT2D eigenvalue weighted by atomic mass is 10.2. The van der Waals surface area contributed by atoms with Crippen molar-refractivity contribution in [2.75, 3.05) is 0 Å². The van der Waals surface area contributed by atoms with E-state index in [2.05, 4.69) is 27.6 Å². The number of pyridine rings is 1. The van der Waals surface area contributed by atoms with Crippen LogP contribution in [0, 0.1) is 3.57 Å². The molecule has 0 spiro atoms. The monoisotopic (exact) mass is 341 g/mol. The lowest BCUT2D eigenvalue weighted by molar-refractivity contribution is 0.280. The maximum atomic E-state index is 9.01. The molecule has 0 radical (unpaired) electrons. The molecule has 0 aliphatic carbocycles. The van der Waals surface area contributed by atoms with Crippen molar-refractivity contribution < 1.29 is 9.84 Å². The van der Waals surface area contributed by atoms with Crippen LogP contribution in [0.3, 0.4) is 0 Å². The van der Waals surface area contributed by atoms with Crippen LogP contribution in [0.2, 0.25) is 0 Å². The number of aliphatic hydroxyl groups excluding tert-OH is 1. The molecular formula is C13H12INO2. The molecule has 88 valence electrons. The van der Waals surface area contributed by atoms with E-state index < -0.39 is 0 Å². The molecule has 4 heteroatoms. The molecular weight excluding hydrogens is 329 g/mol. The maximum absolute atomic E-state index is 9.01. The van der Waals surface area contributed by atoms with Crippen LogP contribution in [-0.4, -0.2) is 10.1 Å². The van der Waals surface area contributed by atoms with Crippen molar-refractivity contribution in [1.29, 1.82) is 0 Å². The Labute approximate surface area is 114 Å². The second-order valence-electron chi connectivity index (χ2n) is 3.57. The smallest absolute Gasteiger partial charge is 0.133 e. The fourth-order valence-electron chi connectivity index (χ4n) is 1.40. The van der Waals surface area contributed by atoms with Gasteiger partial charge in [-0.05, 0) is 46.4 Å². The van der Waals surface area contributed by atoms with E-state index >= 15 is 0 Å². The van der Waals surface area contributed by atoms with Crippen molar-refractivity contribution in [2.45, 2.75) is 13.2 Å². The van der Waals surface area contributed by atoms with E-state index in [1.54, 1.807) is 12.4 Å². The first kappa shape index (κ1) is 12.3. The number of benzene rings is 1. The lowest BCUT2D eigenvalue weighted by Gasteiger charge is -2.09. The van der Waals surface area contributed by atoms with Crippen molar-refractivity contribution in [1.82, 2.24) is 4.98 Å². The number of hydrogen-bond donors (Lipinski definition) is 1. The Bertz CT molecular complexity index is 488. The summed E-state index contributed by atoms with van der Waals surface area (Å²) in [6, 6.07) is 9.52. The molecule has 0 amide bonds. The van der Waals surface area contributed by atoms with Crippen LogP contribution in [0.5, 0.6) is 5.75 Å². The van der Waals surface area contributed by atoms with E-state index in [0.717, 1.165) is 20.4 Å². The van der Waals surface area contributed by atoms with Gasteiger partial charge in [0.2, 0.25) is 0 Å². The van der Waals surface area contributed by atoms with Crippen molar-refractivity contribution >= 4 is 22.6 Å². The molecule has 1 N–H and O–H groups in total. The zero-order chi connectivity index (χ0) is 12.1. The summed E-state index contributed by atoms with van der Waals surface area (Å²) in [7, 11) is 0. The van der Waals surface area contributed by atoms with Gasteiger partial charge in [-0.2, -0.15) is 0 Å². The summed E-state index contributed by atoms with van der Waals surface area (Å²) in [5, 5.41) is 9.01. The van der Waals surface area contributed by atoms with Crippen LogP contribution >= 0.6 is 22.6 Å². The number of rotatable bonds is 4. The molecule has 1 aromatic carbocycles. The number of aliphatic hydroxyl groups is 1. The van der Waals surface area contributed by atoms with Crippen LogP contribution in [0.4, 0.5) is 0 Å². The van der Waals surface area contributed by atoms with Gasteiger partial charge in [-0.25, -0.2) is 0 Å². The summed E-state index contributed by atoms with van der Waals surface area (Å²) < 4.78 is 6.69. The topological polar surface area (TPSA) is 42.4 Å². The molecule has 0 aliphatic heterocycles. The van der Waals surface area contributed by atoms with Crippen LogP contribution < -0.4 is 4.74 Å². The maximum Gasteiger partial charge on any atom is 0.133 e. The van der Waals surface area contributed by atoms with E-state index in [9.17, 15) is 0 Å². The molecule has 0 atom stereocenters. The van der Waals surface area contributed by atoms with Crippen molar-refractivity contribution in [2.24, 2.45) is 0 Å². The van der Waals surface area contributed by atoms with Gasteiger partial charge in [0.05, 0.1) is 10.2 Å². The van der Waals surface area contributed by atoms with E-state index in [1.165, 1.54) is 0 Å². The number of hydrogen-bond acceptors (Lipinski definition) is 3. The highest BCUT2D eigenvalue weighted by Gasteiger charge is 2.02. The first-order valence-corrected chi connectivity index (χ1v) is 6.28. The summed E-state index contributed by atoms with van der Waals surface area (Å²) in [5.41, 5.74) is 1.93. The molecule has 0 saturated carbocycles. The van der Waals surface area contributed by atoms with Gasteiger partial charge in [-0.1, -0.05) is 12.1 Å². The standard InChI is InChI=1S/C13H12INO2/c14-12-6-10(8-16)3-4-13(12)17-9-11-2-1-5-15-7-11/h1-7,16H,8-9H2. The molecule has 0 bridgehead atoms.